The number of anilines is 1. The molecule has 0 aromatic heterocycles. The Kier molecular flexibility index (Phi) is 7.40. The summed E-state index contributed by atoms with van der Waals surface area (Å²) in [6.45, 7) is 0.883. The van der Waals surface area contributed by atoms with Crippen LogP contribution in [0.2, 0.25) is 0 Å². The predicted octanol–water partition coefficient (Wildman–Crippen LogP) is 2.34. The maximum absolute atomic E-state index is 13.3. The molecule has 0 bridgehead atoms. The van der Waals surface area contributed by atoms with Gasteiger partial charge in [0.1, 0.15) is 5.82 Å². The second-order valence-corrected chi connectivity index (χ2v) is 8.39. The molecule has 1 heterocycles. The van der Waals surface area contributed by atoms with E-state index in [1.807, 2.05) is 0 Å². The molecule has 2 aromatic rings. The summed E-state index contributed by atoms with van der Waals surface area (Å²) in [6, 6.07) is 11.6. The Balaban J connectivity index is 0.00000280. The molecule has 3 rings (SSSR count). The number of halogens is 2. The topological polar surface area (TPSA) is 92.5 Å². The molecule has 1 unspecified atom stereocenters. The van der Waals surface area contributed by atoms with Crippen LogP contribution in [0, 0.1) is 5.82 Å². The van der Waals surface area contributed by atoms with Crippen molar-refractivity contribution in [1.82, 2.24) is 9.62 Å². The average molecular weight is 428 g/mol. The van der Waals surface area contributed by atoms with Gasteiger partial charge >= 0.3 is 0 Å². The summed E-state index contributed by atoms with van der Waals surface area (Å²) in [6.07, 6.45) is 1.56. The molecular weight excluding hydrogens is 405 g/mol. The van der Waals surface area contributed by atoms with E-state index >= 15 is 0 Å². The Morgan fingerprint density at radius 2 is 1.93 bits per heavy atom. The summed E-state index contributed by atoms with van der Waals surface area (Å²) in [7, 11) is -3.84. The molecule has 1 fully saturated rings. The molecule has 0 aliphatic carbocycles. The minimum absolute atomic E-state index is 0. The first kappa shape index (κ1) is 22.1. The molecule has 0 saturated carbocycles. The number of sulfonamides is 1. The van der Waals surface area contributed by atoms with E-state index in [-0.39, 0.29) is 29.6 Å². The van der Waals surface area contributed by atoms with Gasteiger partial charge in [0.2, 0.25) is 15.9 Å². The first-order chi connectivity index (χ1) is 12.8. The van der Waals surface area contributed by atoms with Gasteiger partial charge in [-0.05, 0) is 48.7 Å². The predicted molar refractivity (Wildman–Crippen MR) is 108 cm³/mol. The zero-order chi connectivity index (χ0) is 19.4. The molecule has 2 aromatic carbocycles. The van der Waals surface area contributed by atoms with Gasteiger partial charge in [0, 0.05) is 24.8 Å². The standard InChI is InChI=1S/C19H22FN3O3S.ClH/c20-15-3-1-5-18(12-15)27(25,26)22-17-4-2-10-23(13-17)19(24)11-14-6-8-16(21)9-7-14;/h1,3,5-9,12,17,22H,2,4,10-11,13,21H2;1H. The monoisotopic (exact) mass is 427 g/mol. The number of hydrogen-bond acceptors (Lipinski definition) is 4. The molecule has 28 heavy (non-hydrogen) atoms. The van der Waals surface area contributed by atoms with E-state index in [2.05, 4.69) is 4.72 Å². The van der Waals surface area contributed by atoms with Crippen LogP contribution in [0.25, 0.3) is 0 Å². The summed E-state index contributed by atoms with van der Waals surface area (Å²) in [5, 5.41) is 0. The Morgan fingerprint density at radius 3 is 2.61 bits per heavy atom. The fourth-order valence-electron chi connectivity index (χ4n) is 3.14. The lowest BCUT2D eigenvalue weighted by atomic mass is 10.0. The van der Waals surface area contributed by atoms with Crippen LogP contribution in [0.1, 0.15) is 18.4 Å². The Hall–Kier alpha value is -2.16. The number of rotatable bonds is 5. The number of nitrogen functional groups attached to an aromatic ring is 1. The summed E-state index contributed by atoms with van der Waals surface area (Å²) in [4.78, 5) is 14.1. The number of carbonyl (C=O) groups is 1. The SMILES string of the molecule is Cl.Nc1ccc(CC(=O)N2CCCC(NS(=O)(=O)c3cccc(F)c3)C2)cc1. The molecule has 3 N–H and O–H groups in total. The molecule has 6 nitrogen and oxygen atoms in total. The highest BCUT2D eigenvalue weighted by Crippen LogP contribution is 2.17. The fraction of sp³-hybridized carbons (Fsp3) is 0.316. The van der Waals surface area contributed by atoms with Crippen LogP contribution in [0.3, 0.4) is 0 Å². The van der Waals surface area contributed by atoms with E-state index in [4.69, 9.17) is 5.73 Å². The van der Waals surface area contributed by atoms with E-state index in [0.29, 0.717) is 31.6 Å². The number of amides is 1. The maximum atomic E-state index is 13.3. The van der Waals surface area contributed by atoms with Gasteiger partial charge in [0.05, 0.1) is 11.3 Å². The second kappa shape index (κ2) is 9.36. The van der Waals surface area contributed by atoms with Crippen molar-refractivity contribution in [3.63, 3.8) is 0 Å². The normalized spacial score (nSPS) is 17.0. The number of nitrogens with one attached hydrogen (secondary N) is 1. The van der Waals surface area contributed by atoms with Gasteiger partial charge in [-0.3, -0.25) is 4.79 Å². The summed E-state index contributed by atoms with van der Waals surface area (Å²) >= 11 is 0. The van der Waals surface area contributed by atoms with E-state index in [1.165, 1.54) is 18.2 Å². The number of benzene rings is 2. The molecular formula is C19H23ClFN3O3S. The third-order valence-corrected chi connectivity index (χ3v) is 6.06. The van der Waals surface area contributed by atoms with Crippen molar-refractivity contribution in [2.75, 3.05) is 18.8 Å². The summed E-state index contributed by atoms with van der Waals surface area (Å²) < 4.78 is 40.8. The Morgan fingerprint density at radius 1 is 1.21 bits per heavy atom. The van der Waals surface area contributed by atoms with Crippen molar-refractivity contribution in [2.45, 2.75) is 30.2 Å². The Labute approximate surface area is 170 Å². The van der Waals surface area contributed by atoms with Crippen LogP contribution in [-0.2, 0) is 21.2 Å². The fourth-order valence-corrected chi connectivity index (χ4v) is 4.44. The average Bonchev–Trinajstić information content (AvgIpc) is 2.63. The number of nitrogens with two attached hydrogens (primary N) is 1. The summed E-state index contributed by atoms with van der Waals surface area (Å²) in [5.41, 5.74) is 7.14. The van der Waals surface area contributed by atoms with Crippen LogP contribution in [-0.4, -0.2) is 38.4 Å². The van der Waals surface area contributed by atoms with Crippen molar-refractivity contribution in [2.24, 2.45) is 0 Å². The number of piperidine rings is 1. The van der Waals surface area contributed by atoms with Crippen molar-refractivity contribution in [3.8, 4) is 0 Å². The van der Waals surface area contributed by atoms with Gasteiger partial charge in [-0.1, -0.05) is 18.2 Å². The molecule has 1 saturated heterocycles. The number of carbonyl (C=O) groups excluding carboxylic acids is 1. The van der Waals surface area contributed by atoms with Gasteiger partial charge in [-0.15, -0.1) is 12.4 Å². The third-order valence-electron chi connectivity index (χ3n) is 4.54. The Bertz CT molecular complexity index is 922. The largest absolute Gasteiger partial charge is 0.399 e. The quantitative estimate of drug-likeness (QED) is 0.716. The molecule has 0 spiro atoms. The van der Waals surface area contributed by atoms with E-state index in [9.17, 15) is 17.6 Å². The van der Waals surface area contributed by atoms with Crippen molar-refractivity contribution in [1.29, 1.82) is 0 Å². The van der Waals surface area contributed by atoms with E-state index < -0.39 is 21.9 Å². The van der Waals surface area contributed by atoms with Crippen LogP contribution >= 0.6 is 12.4 Å². The smallest absolute Gasteiger partial charge is 0.240 e. The summed E-state index contributed by atoms with van der Waals surface area (Å²) in [5.74, 6) is -0.670. The zero-order valence-electron chi connectivity index (χ0n) is 15.2. The molecule has 152 valence electrons. The van der Waals surface area contributed by atoms with Crippen LogP contribution < -0.4 is 10.5 Å². The van der Waals surface area contributed by atoms with Gasteiger partial charge in [-0.2, -0.15) is 0 Å². The first-order valence-electron chi connectivity index (χ1n) is 8.73. The van der Waals surface area contributed by atoms with Gasteiger partial charge in [0.15, 0.2) is 0 Å². The zero-order valence-corrected chi connectivity index (χ0v) is 16.8. The van der Waals surface area contributed by atoms with Crippen LogP contribution in [0.4, 0.5) is 10.1 Å². The minimum Gasteiger partial charge on any atom is -0.399 e. The number of nitrogens with zero attached hydrogens (tertiary/aromatic N) is 1. The van der Waals surface area contributed by atoms with Crippen LogP contribution in [0.5, 0.6) is 0 Å². The maximum Gasteiger partial charge on any atom is 0.240 e. The highest BCUT2D eigenvalue weighted by molar-refractivity contribution is 7.89. The molecule has 1 aliphatic heterocycles. The van der Waals surface area contributed by atoms with Crippen molar-refractivity contribution in [3.05, 3.63) is 59.9 Å². The lowest BCUT2D eigenvalue weighted by molar-refractivity contribution is -0.131. The lowest BCUT2D eigenvalue weighted by Crippen LogP contribution is -2.49. The molecule has 1 amide bonds. The van der Waals surface area contributed by atoms with Gasteiger partial charge < -0.3 is 10.6 Å². The van der Waals surface area contributed by atoms with E-state index in [1.54, 1.807) is 29.2 Å². The molecule has 1 aliphatic rings. The third kappa shape index (κ3) is 5.67. The number of hydrogen-bond donors (Lipinski definition) is 2. The number of likely N-dealkylation sites (tertiary alicyclic amines) is 1. The van der Waals surface area contributed by atoms with Gasteiger partial charge in [0.25, 0.3) is 0 Å². The molecule has 9 heteroatoms. The van der Waals surface area contributed by atoms with Gasteiger partial charge in [-0.25, -0.2) is 17.5 Å². The van der Waals surface area contributed by atoms with Crippen molar-refractivity contribution >= 4 is 34.0 Å². The van der Waals surface area contributed by atoms with Crippen LogP contribution in [0.15, 0.2) is 53.4 Å². The minimum atomic E-state index is -3.84. The lowest BCUT2D eigenvalue weighted by Gasteiger charge is -2.33. The highest BCUT2D eigenvalue weighted by atomic mass is 35.5. The second-order valence-electron chi connectivity index (χ2n) is 6.68. The van der Waals surface area contributed by atoms with Crippen molar-refractivity contribution < 1.29 is 17.6 Å². The molecule has 0 radical (unpaired) electrons. The molecule has 1 atom stereocenters. The highest BCUT2D eigenvalue weighted by Gasteiger charge is 2.27. The van der Waals surface area contributed by atoms with E-state index in [0.717, 1.165) is 11.6 Å². The first-order valence-corrected chi connectivity index (χ1v) is 10.2.